The summed E-state index contributed by atoms with van der Waals surface area (Å²) < 4.78 is 0. The van der Waals surface area contributed by atoms with E-state index in [1.54, 1.807) is 0 Å². The molecule has 0 aliphatic carbocycles. The molecule has 0 aliphatic heterocycles. The number of benzene rings is 10. The third-order valence-corrected chi connectivity index (χ3v) is 13.1. The maximum Gasteiger partial charge on any atom is 0.0745 e. The molecule has 0 saturated heterocycles. The lowest BCUT2D eigenvalue weighted by Crippen LogP contribution is -2.10. The molecule has 0 unspecified atom stereocenters. The fraction of sp³-hybridized carbons (Fsp3) is 0. The molecular formula is C61H38N4. The molecule has 0 bridgehead atoms. The summed E-state index contributed by atoms with van der Waals surface area (Å²) >= 11 is 0. The van der Waals surface area contributed by atoms with E-state index in [2.05, 4.69) is 211 Å². The molecule has 0 N–H and O–H groups in total. The second-order valence-corrected chi connectivity index (χ2v) is 16.9. The van der Waals surface area contributed by atoms with Crippen molar-refractivity contribution in [2.45, 2.75) is 0 Å². The SMILES string of the molecule is c1ccc2cc(-c3ccc4c(ccc5cc(N(c6ccc(-c7cc8ccc9ccccc9c8cn7)cc6)c6ccc(-c7cc8ncc9ccccc9c8cn7)cc6)ccc54)c3)ccc2c1. The van der Waals surface area contributed by atoms with Gasteiger partial charge in [-0.3, -0.25) is 15.0 Å². The van der Waals surface area contributed by atoms with Crippen LogP contribution in [0.2, 0.25) is 0 Å². The van der Waals surface area contributed by atoms with Gasteiger partial charge in [-0.05, 0) is 126 Å². The standard InChI is InChI=1S/C61H38N4/c1-2-9-43-31-44(15-13-39(43)7-1)45-23-29-55-46(32-45)17-18-47-33-52(28-30-56(47)55)65(50-24-19-41(20-25-50)59-34-48-16-14-40-8-3-5-11-53(40)57(48)37-63-59)51-26-21-42(22-27-51)60-35-61-58(38-64-60)54-12-6-4-10-49(54)36-62-61/h1-38H. The van der Waals surface area contributed by atoms with Gasteiger partial charge in [-0.1, -0.05) is 152 Å². The average molecular weight is 827 g/mol. The summed E-state index contributed by atoms with van der Waals surface area (Å²) in [7, 11) is 0. The summed E-state index contributed by atoms with van der Waals surface area (Å²) in [6, 6.07) is 76.5. The third-order valence-electron chi connectivity index (χ3n) is 13.1. The van der Waals surface area contributed by atoms with Crippen molar-refractivity contribution in [2.75, 3.05) is 4.90 Å². The largest absolute Gasteiger partial charge is 0.310 e. The van der Waals surface area contributed by atoms with Crippen molar-refractivity contribution in [2.24, 2.45) is 0 Å². The number of pyridine rings is 3. The van der Waals surface area contributed by atoms with Gasteiger partial charge < -0.3 is 4.90 Å². The van der Waals surface area contributed by atoms with Crippen molar-refractivity contribution < 1.29 is 0 Å². The minimum Gasteiger partial charge on any atom is -0.310 e. The van der Waals surface area contributed by atoms with Crippen LogP contribution >= 0.6 is 0 Å². The van der Waals surface area contributed by atoms with Gasteiger partial charge >= 0.3 is 0 Å². The Bertz CT molecular complexity index is 3840. The van der Waals surface area contributed by atoms with E-state index in [1.807, 2.05) is 24.7 Å². The van der Waals surface area contributed by atoms with Gasteiger partial charge in [0.25, 0.3) is 0 Å². The molecule has 13 aromatic rings. The maximum absolute atomic E-state index is 4.96. The van der Waals surface area contributed by atoms with Crippen molar-refractivity contribution in [3.8, 4) is 33.6 Å². The quantitative estimate of drug-likeness (QED) is 0.157. The molecule has 10 aromatic carbocycles. The molecule has 0 saturated carbocycles. The highest BCUT2D eigenvalue weighted by atomic mass is 15.1. The van der Waals surface area contributed by atoms with Crippen molar-refractivity contribution >= 4 is 92.6 Å². The molecule has 0 fully saturated rings. The maximum atomic E-state index is 4.96. The summed E-state index contributed by atoms with van der Waals surface area (Å²) in [6.07, 6.45) is 5.92. The lowest BCUT2D eigenvalue weighted by atomic mass is 9.96. The van der Waals surface area contributed by atoms with Crippen molar-refractivity contribution in [3.63, 3.8) is 0 Å². The van der Waals surface area contributed by atoms with Crippen molar-refractivity contribution in [1.82, 2.24) is 15.0 Å². The lowest BCUT2D eigenvalue weighted by molar-refractivity contribution is 1.28. The lowest BCUT2D eigenvalue weighted by Gasteiger charge is -2.26. The molecule has 3 aromatic heterocycles. The number of hydrogen-bond acceptors (Lipinski definition) is 4. The van der Waals surface area contributed by atoms with E-state index in [9.17, 15) is 0 Å². The zero-order chi connectivity index (χ0) is 42.8. The van der Waals surface area contributed by atoms with Crippen LogP contribution in [0.4, 0.5) is 17.1 Å². The highest BCUT2D eigenvalue weighted by molar-refractivity contribution is 6.10. The van der Waals surface area contributed by atoms with Crippen LogP contribution in [-0.2, 0) is 0 Å². The Hall–Kier alpha value is -8.73. The van der Waals surface area contributed by atoms with Crippen LogP contribution < -0.4 is 4.90 Å². The van der Waals surface area contributed by atoms with Crippen LogP contribution in [0.1, 0.15) is 0 Å². The van der Waals surface area contributed by atoms with E-state index in [4.69, 9.17) is 15.0 Å². The topological polar surface area (TPSA) is 41.9 Å². The Balaban J connectivity index is 0.882. The van der Waals surface area contributed by atoms with Crippen molar-refractivity contribution in [1.29, 1.82) is 0 Å². The Morgan fingerprint density at radius 3 is 1.43 bits per heavy atom. The van der Waals surface area contributed by atoms with Crippen LogP contribution in [0, 0.1) is 0 Å². The first-order chi connectivity index (χ1) is 32.2. The Morgan fingerprint density at radius 2 is 0.708 bits per heavy atom. The Morgan fingerprint density at radius 1 is 0.246 bits per heavy atom. The summed E-state index contributed by atoms with van der Waals surface area (Å²) in [6.45, 7) is 0. The molecule has 302 valence electrons. The highest BCUT2D eigenvalue weighted by Gasteiger charge is 2.16. The van der Waals surface area contributed by atoms with Crippen LogP contribution in [0.15, 0.2) is 231 Å². The van der Waals surface area contributed by atoms with E-state index < -0.39 is 0 Å². The van der Waals surface area contributed by atoms with E-state index >= 15 is 0 Å². The second-order valence-electron chi connectivity index (χ2n) is 16.9. The number of anilines is 3. The molecule has 0 radical (unpaired) electrons. The third kappa shape index (κ3) is 6.42. The molecule has 13 rings (SSSR count). The normalized spacial score (nSPS) is 11.7. The van der Waals surface area contributed by atoms with Gasteiger partial charge in [0.15, 0.2) is 0 Å². The number of aromatic nitrogens is 3. The smallest absolute Gasteiger partial charge is 0.0745 e. The number of rotatable bonds is 6. The van der Waals surface area contributed by atoms with Gasteiger partial charge in [-0.2, -0.15) is 0 Å². The van der Waals surface area contributed by atoms with E-state index in [0.717, 1.165) is 66.6 Å². The summed E-state index contributed by atoms with van der Waals surface area (Å²) in [5, 5.41) is 15.5. The zero-order valence-corrected chi connectivity index (χ0v) is 35.2. The van der Waals surface area contributed by atoms with Crippen LogP contribution in [0.25, 0.3) is 109 Å². The average Bonchev–Trinajstić information content (AvgIpc) is 3.38. The van der Waals surface area contributed by atoms with Crippen LogP contribution in [-0.4, -0.2) is 15.0 Å². The minimum atomic E-state index is 0.889. The van der Waals surface area contributed by atoms with Gasteiger partial charge in [0, 0.05) is 62.9 Å². The Kier molecular flexibility index (Phi) is 8.50. The van der Waals surface area contributed by atoms with Gasteiger partial charge in [0.2, 0.25) is 0 Å². The fourth-order valence-electron chi connectivity index (χ4n) is 9.73. The number of fused-ring (bicyclic) bond motifs is 10. The van der Waals surface area contributed by atoms with Gasteiger partial charge in [-0.15, -0.1) is 0 Å². The summed E-state index contributed by atoms with van der Waals surface area (Å²) in [5.41, 5.74) is 10.5. The predicted octanol–water partition coefficient (Wildman–Crippen LogP) is 16.4. The highest BCUT2D eigenvalue weighted by Crippen LogP contribution is 2.40. The predicted molar refractivity (Wildman–Crippen MR) is 273 cm³/mol. The van der Waals surface area contributed by atoms with E-state index in [0.29, 0.717) is 0 Å². The molecule has 65 heavy (non-hydrogen) atoms. The molecule has 4 nitrogen and oxygen atoms in total. The summed E-state index contributed by atoms with van der Waals surface area (Å²) in [4.78, 5) is 17.0. The first-order valence-corrected chi connectivity index (χ1v) is 22.0. The number of nitrogens with zero attached hydrogens (tertiary/aromatic N) is 4. The van der Waals surface area contributed by atoms with Crippen molar-refractivity contribution in [3.05, 3.63) is 231 Å². The number of hydrogen-bond donors (Lipinski definition) is 0. The minimum absolute atomic E-state index is 0.889. The Labute approximate surface area is 375 Å². The molecular weight excluding hydrogens is 789 g/mol. The summed E-state index contributed by atoms with van der Waals surface area (Å²) in [5.74, 6) is 0. The molecule has 0 spiro atoms. The molecule has 4 heteroatoms. The van der Waals surface area contributed by atoms with Gasteiger partial charge in [0.1, 0.15) is 0 Å². The first-order valence-electron chi connectivity index (χ1n) is 22.0. The second kappa shape index (κ2) is 15.0. The molecule has 0 amide bonds. The molecule has 0 atom stereocenters. The van der Waals surface area contributed by atoms with Gasteiger partial charge in [0.05, 0.1) is 16.9 Å². The van der Waals surface area contributed by atoms with Crippen LogP contribution in [0.3, 0.4) is 0 Å². The first kappa shape index (κ1) is 36.9. The van der Waals surface area contributed by atoms with Crippen LogP contribution in [0.5, 0.6) is 0 Å². The van der Waals surface area contributed by atoms with E-state index in [1.165, 1.54) is 59.6 Å². The van der Waals surface area contributed by atoms with E-state index in [-0.39, 0.29) is 0 Å². The monoisotopic (exact) mass is 826 g/mol. The fourth-order valence-corrected chi connectivity index (χ4v) is 9.73. The molecule has 3 heterocycles. The van der Waals surface area contributed by atoms with Gasteiger partial charge in [-0.25, -0.2) is 0 Å². The molecule has 0 aliphatic rings. The zero-order valence-electron chi connectivity index (χ0n) is 35.2.